The first-order chi connectivity index (χ1) is 8.70. The molecule has 1 aliphatic heterocycles. The minimum atomic E-state index is 0.243. The first-order valence-electron chi connectivity index (χ1n) is 6.99. The van der Waals surface area contributed by atoms with Crippen molar-refractivity contribution in [2.24, 2.45) is 11.8 Å². The Kier molecular flexibility index (Phi) is 4.54. The molecule has 1 aromatic rings. The summed E-state index contributed by atoms with van der Waals surface area (Å²) in [7, 11) is 0. The zero-order valence-corrected chi connectivity index (χ0v) is 11.4. The minimum Gasteiger partial charge on any atom is -0.299 e. The maximum absolute atomic E-state index is 12.0. The summed E-state index contributed by atoms with van der Waals surface area (Å²) in [5.41, 5.74) is 1.34. The molecule has 0 amide bonds. The van der Waals surface area contributed by atoms with E-state index in [9.17, 15) is 4.79 Å². The standard InChI is InChI=1S/C16H23NO/c1-3-13(2)15-12-17(10-9-16(15)18)11-14-7-5-4-6-8-14/h4-8,13,15H,3,9-12H2,1-2H3. The van der Waals surface area contributed by atoms with Crippen LogP contribution in [0, 0.1) is 11.8 Å². The molecule has 2 unspecified atom stereocenters. The van der Waals surface area contributed by atoms with Crippen LogP contribution in [-0.4, -0.2) is 23.8 Å². The molecule has 0 radical (unpaired) electrons. The van der Waals surface area contributed by atoms with Crippen molar-refractivity contribution in [1.82, 2.24) is 4.90 Å². The van der Waals surface area contributed by atoms with Gasteiger partial charge in [-0.15, -0.1) is 0 Å². The maximum atomic E-state index is 12.0. The van der Waals surface area contributed by atoms with Gasteiger partial charge >= 0.3 is 0 Å². The molecule has 2 atom stereocenters. The predicted molar refractivity (Wildman–Crippen MR) is 74.3 cm³/mol. The summed E-state index contributed by atoms with van der Waals surface area (Å²) < 4.78 is 0. The second-order valence-corrected chi connectivity index (χ2v) is 5.43. The van der Waals surface area contributed by atoms with Crippen LogP contribution in [0.3, 0.4) is 0 Å². The van der Waals surface area contributed by atoms with E-state index in [2.05, 4.69) is 43.0 Å². The molecular formula is C16H23NO. The van der Waals surface area contributed by atoms with Crippen molar-refractivity contribution >= 4 is 5.78 Å². The monoisotopic (exact) mass is 245 g/mol. The molecule has 2 rings (SSSR count). The predicted octanol–water partition coefficient (Wildman–Crippen LogP) is 3.12. The van der Waals surface area contributed by atoms with E-state index < -0.39 is 0 Å². The van der Waals surface area contributed by atoms with E-state index in [4.69, 9.17) is 0 Å². The molecule has 0 bridgehead atoms. The Bertz CT molecular complexity index is 387. The van der Waals surface area contributed by atoms with Gasteiger partial charge in [0.05, 0.1) is 0 Å². The fraction of sp³-hybridized carbons (Fsp3) is 0.562. The van der Waals surface area contributed by atoms with Crippen LogP contribution >= 0.6 is 0 Å². The summed E-state index contributed by atoms with van der Waals surface area (Å²) >= 11 is 0. The van der Waals surface area contributed by atoms with Crippen molar-refractivity contribution in [2.45, 2.75) is 33.2 Å². The van der Waals surface area contributed by atoms with Gasteiger partial charge in [0.2, 0.25) is 0 Å². The number of carbonyl (C=O) groups excluding carboxylic acids is 1. The van der Waals surface area contributed by atoms with E-state index in [0.29, 0.717) is 11.7 Å². The maximum Gasteiger partial charge on any atom is 0.138 e. The van der Waals surface area contributed by atoms with Crippen LogP contribution in [0.5, 0.6) is 0 Å². The lowest BCUT2D eigenvalue weighted by atomic mass is 9.84. The number of ketones is 1. The van der Waals surface area contributed by atoms with Crippen LogP contribution in [0.25, 0.3) is 0 Å². The highest BCUT2D eigenvalue weighted by Gasteiger charge is 2.30. The number of benzene rings is 1. The Morgan fingerprint density at radius 1 is 1.33 bits per heavy atom. The molecule has 1 heterocycles. The fourth-order valence-electron chi connectivity index (χ4n) is 2.69. The van der Waals surface area contributed by atoms with Gasteiger partial charge in [0, 0.05) is 32.0 Å². The third kappa shape index (κ3) is 3.20. The molecule has 1 aliphatic rings. The first-order valence-corrected chi connectivity index (χ1v) is 6.99. The van der Waals surface area contributed by atoms with E-state index in [1.807, 2.05) is 6.07 Å². The second-order valence-electron chi connectivity index (χ2n) is 5.43. The molecule has 1 saturated heterocycles. The molecule has 0 aromatic heterocycles. The summed E-state index contributed by atoms with van der Waals surface area (Å²) in [5, 5.41) is 0. The van der Waals surface area contributed by atoms with Gasteiger partial charge in [-0.1, -0.05) is 50.6 Å². The van der Waals surface area contributed by atoms with Crippen molar-refractivity contribution in [3.63, 3.8) is 0 Å². The Hall–Kier alpha value is -1.15. The number of carbonyl (C=O) groups is 1. The van der Waals surface area contributed by atoms with E-state index in [-0.39, 0.29) is 5.92 Å². The SMILES string of the molecule is CCC(C)C1CN(Cc2ccccc2)CCC1=O. The Balaban J connectivity index is 1.97. The fourth-order valence-corrected chi connectivity index (χ4v) is 2.69. The number of Topliss-reactive ketones (excluding diaryl/α,β-unsaturated/α-hetero) is 1. The molecule has 0 N–H and O–H groups in total. The summed E-state index contributed by atoms with van der Waals surface area (Å²) in [5.74, 6) is 1.22. The molecular weight excluding hydrogens is 222 g/mol. The van der Waals surface area contributed by atoms with Gasteiger partial charge in [-0.2, -0.15) is 0 Å². The van der Waals surface area contributed by atoms with Gasteiger partial charge in [-0.25, -0.2) is 0 Å². The topological polar surface area (TPSA) is 20.3 Å². The molecule has 1 aromatic carbocycles. The third-order valence-corrected chi connectivity index (χ3v) is 4.12. The summed E-state index contributed by atoms with van der Waals surface area (Å²) in [6.45, 7) is 7.20. The van der Waals surface area contributed by atoms with Gasteiger partial charge in [-0.05, 0) is 11.5 Å². The van der Waals surface area contributed by atoms with Crippen molar-refractivity contribution in [2.75, 3.05) is 13.1 Å². The highest BCUT2D eigenvalue weighted by atomic mass is 16.1. The van der Waals surface area contributed by atoms with Crippen LogP contribution in [0.2, 0.25) is 0 Å². The normalized spacial score (nSPS) is 23.0. The molecule has 0 aliphatic carbocycles. The lowest BCUT2D eigenvalue weighted by Gasteiger charge is -2.34. The van der Waals surface area contributed by atoms with Gasteiger partial charge in [0.25, 0.3) is 0 Å². The zero-order valence-electron chi connectivity index (χ0n) is 11.4. The summed E-state index contributed by atoms with van der Waals surface area (Å²) in [6, 6.07) is 10.5. The van der Waals surface area contributed by atoms with E-state index >= 15 is 0 Å². The highest BCUT2D eigenvalue weighted by Crippen LogP contribution is 2.24. The van der Waals surface area contributed by atoms with Gasteiger partial charge in [0.1, 0.15) is 5.78 Å². The Morgan fingerprint density at radius 3 is 2.72 bits per heavy atom. The minimum absolute atomic E-state index is 0.243. The number of rotatable bonds is 4. The summed E-state index contributed by atoms with van der Waals surface area (Å²) in [4.78, 5) is 14.4. The quantitative estimate of drug-likeness (QED) is 0.812. The van der Waals surface area contributed by atoms with Crippen LogP contribution in [0.1, 0.15) is 32.3 Å². The number of nitrogens with zero attached hydrogens (tertiary/aromatic N) is 1. The van der Waals surface area contributed by atoms with E-state index in [1.165, 1.54) is 5.56 Å². The van der Waals surface area contributed by atoms with Crippen molar-refractivity contribution < 1.29 is 4.79 Å². The zero-order chi connectivity index (χ0) is 13.0. The first kappa shape index (κ1) is 13.3. The Morgan fingerprint density at radius 2 is 2.06 bits per heavy atom. The number of hydrogen-bond donors (Lipinski definition) is 0. The lowest BCUT2D eigenvalue weighted by Crippen LogP contribution is -2.42. The lowest BCUT2D eigenvalue weighted by molar-refractivity contribution is -0.128. The molecule has 18 heavy (non-hydrogen) atoms. The second kappa shape index (κ2) is 6.14. The molecule has 2 nitrogen and oxygen atoms in total. The largest absolute Gasteiger partial charge is 0.299 e. The van der Waals surface area contributed by atoms with Gasteiger partial charge < -0.3 is 0 Å². The van der Waals surface area contributed by atoms with Crippen LogP contribution < -0.4 is 0 Å². The van der Waals surface area contributed by atoms with Gasteiger partial charge in [-0.3, -0.25) is 9.69 Å². The van der Waals surface area contributed by atoms with E-state index in [0.717, 1.165) is 32.5 Å². The third-order valence-electron chi connectivity index (χ3n) is 4.12. The van der Waals surface area contributed by atoms with Crippen LogP contribution in [-0.2, 0) is 11.3 Å². The van der Waals surface area contributed by atoms with Crippen LogP contribution in [0.15, 0.2) is 30.3 Å². The number of piperidine rings is 1. The van der Waals surface area contributed by atoms with Crippen molar-refractivity contribution in [3.8, 4) is 0 Å². The average Bonchev–Trinajstić information content (AvgIpc) is 2.41. The number of hydrogen-bond acceptors (Lipinski definition) is 2. The molecule has 0 saturated carbocycles. The molecule has 1 fully saturated rings. The van der Waals surface area contributed by atoms with E-state index in [1.54, 1.807) is 0 Å². The molecule has 2 heteroatoms. The van der Waals surface area contributed by atoms with Crippen LogP contribution in [0.4, 0.5) is 0 Å². The average molecular weight is 245 g/mol. The molecule has 0 spiro atoms. The van der Waals surface area contributed by atoms with Crippen molar-refractivity contribution in [1.29, 1.82) is 0 Å². The van der Waals surface area contributed by atoms with Crippen molar-refractivity contribution in [3.05, 3.63) is 35.9 Å². The number of likely N-dealkylation sites (tertiary alicyclic amines) is 1. The summed E-state index contributed by atoms with van der Waals surface area (Å²) in [6.07, 6.45) is 1.82. The van der Waals surface area contributed by atoms with Gasteiger partial charge in [0.15, 0.2) is 0 Å². The molecule has 98 valence electrons. The highest BCUT2D eigenvalue weighted by molar-refractivity contribution is 5.82. The smallest absolute Gasteiger partial charge is 0.138 e. The Labute approximate surface area is 110 Å².